The third-order valence-electron chi connectivity index (χ3n) is 4.25. The summed E-state index contributed by atoms with van der Waals surface area (Å²) in [5.41, 5.74) is 1.93. The van der Waals surface area contributed by atoms with Gasteiger partial charge in [-0.05, 0) is 75.6 Å². The Bertz CT molecular complexity index is 636. The third kappa shape index (κ3) is 6.94. The SMILES string of the molecule is CC(C)(C)OC(=O)NCCOc1ccc2c(c1)CC(CC(=O)O)CCC2. The zero-order valence-corrected chi connectivity index (χ0v) is 15.8. The van der Waals surface area contributed by atoms with Crippen molar-refractivity contribution in [3.63, 3.8) is 0 Å². The molecule has 1 aromatic carbocycles. The number of alkyl carbamates (subject to hydrolysis) is 1. The van der Waals surface area contributed by atoms with Gasteiger partial charge in [0.2, 0.25) is 0 Å². The van der Waals surface area contributed by atoms with E-state index in [1.165, 1.54) is 11.1 Å². The molecule has 1 unspecified atom stereocenters. The molecule has 0 saturated heterocycles. The fourth-order valence-electron chi connectivity index (χ4n) is 3.18. The van der Waals surface area contributed by atoms with Gasteiger partial charge >= 0.3 is 12.1 Å². The molecule has 1 amide bonds. The second-order valence-electron chi connectivity index (χ2n) is 7.77. The molecule has 0 fully saturated rings. The van der Waals surface area contributed by atoms with E-state index in [0.29, 0.717) is 13.2 Å². The van der Waals surface area contributed by atoms with Crippen LogP contribution in [0.15, 0.2) is 18.2 Å². The average molecular weight is 363 g/mol. The lowest BCUT2D eigenvalue weighted by Crippen LogP contribution is -2.34. The van der Waals surface area contributed by atoms with E-state index in [1.807, 2.05) is 32.9 Å². The Labute approximate surface area is 154 Å². The summed E-state index contributed by atoms with van der Waals surface area (Å²) in [6.07, 6.45) is 3.47. The van der Waals surface area contributed by atoms with Gasteiger partial charge < -0.3 is 19.9 Å². The van der Waals surface area contributed by atoms with Crippen LogP contribution < -0.4 is 10.1 Å². The quantitative estimate of drug-likeness (QED) is 0.596. The van der Waals surface area contributed by atoms with Crippen LogP contribution in [0.3, 0.4) is 0 Å². The zero-order chi connectivity index (χ0) is 19.2. The molecular formula is C20H29NO5. The highest BCUT2D eigenvalue weighted by Crippen LogP contribution is 2.29. The molecular weight excluding hydrogens is 334 g/mol. The summed E-state index contributed by atoms with van der Waals surface area (Å²) in [6.45, 7) is 6.15. The summed E-state index contributed by atoms with van der Waals surface area (Å²) in [7, 11) is 0. The topological polar surface area (TPSA) is 84.9 Å². The Hall–Kier alpha value is -2.24. The first kappa shape index (κ1) is 20.1. The third-order valence-corrected chi connectivity index (χ3v) is 4.25. The highest BCUT2D eigenvalue weighted by molar-refractivity contribution is 5.67. The number of rotatable bonds is 6. The van der Waals surface area contributed by atoms with Crippen molar-refractivity contribution < 1.29 is 24.2 Å². The van der Waals surface area contributed by atoms with Crippen molar-refractivity contribution >= 4 is 12.1 Å². The Morgan fingerprint density at radius 3 is 2.73 bits per heavy atom. The maximum Gasteiger partial charge on any atom is 0.407 e. The van der Waals surface area contributed by atoms with E-state index in [1.54, 1.807) is 0 Å². The Balaban J connectivity index is 1.85. The number of carbonyl (C=O) groups is 2. The van der Waals surface area contributed by atoms with Crippen molar-refractivity contribution in [1.29, 1.82) is 0 Å². The molecule has 0 bridgehead atoms. The van der Waals surface area contributed by atoms with Gasteiger partial charge in [-0.2, -0.15) is 0 Å². The maximum absolute atomic E-state index is 11.6. The van der Waals surface area contributed by atoms with Crippen LogP contribution >= 0.6 is 0 Å². The number of carbonyl (C=O) groups excluding carboxylic acids is 1. The van der Waals surface area contributed by atoms with E-state index in [2.05, 4.69) is 11.4 Å². The number of nitrogens with one attached hydrogen (secondary N) is 1. The first-order chi connectivity index (χ1) is 12.2. The minimum absolute atomic E-state index is 0.179. The molecule has 0 aromatic heterocycles. The van der Waals surface area contributed by atoms with Crippen molar-refractivity contribution in [2.24, 2.45) is 5.92 Å². The van der Waals surface area contributed by atoms with Gasteiger partial charge in [-0.15, -0.1) is 0 Å². The molecule has 0 aliphatic heterocycles. The summed E-state index contributed by atoms with van der Waals surface area (Å²) in [6, 6.07) is 6.00. The molecule has 26 heavy (non-hydrogen) atoms. The molecule has 6 heteroatoms. The second kappa shape index (κ2) is 8.92. The molecule has 1 atom stereocenters. The lowest BCUT2D eigenvalue weighted by Gasteiger charge is -2.19. The van der Waals surface area contributed by atoms with E-state index in [0.717, 1.165) is 31.4 Å². The van der Waals surface area contributed by atoms with Crippen LogP contribution in [-0.2, 0) is 22.4 Å². The van der Waals surface area contributed by atoms with Crippen LogP contribution in [0.1, 0.15) is 51.2 Å². The minimum Gasteiger partial charge on any atom is -0.492 e. The lowest BCUT2D eigenvalue weighted by atomic mass is 9.94. The minimum atomic E-state index is -0.737. The fourth-order valence-corrected chi connectivity index (χ4v) is 3.18. The number of carboxylic acids is 1. The predicted octanol–water partition coefficient (Wildman–Crippen LogP) is 3.56. The van der Waals surface area contributed by atoms with Crippen LogP contribution in [0.5, 0.6) is 5.75 Å². The largest absolute Gasteiger partial charge is 0.492 e. The van der Waals surface area contributed by atoms with Crippen LogP contribution in [0.25, 0.3) is 0 Å². The van der Waals surface area contributed by atoms with Crippen molar-refractivity contribution in [3.8, 4) is 5.75 Å². The van der Waals surface area contributed by atoms with Gasteiger partial charge in [0, 0.05) is 6.42 Å². The monoisotopic (exact) mass is 363 g/mol. The van der Waals surface area contributed by atoms with Gasteiger partial charge in [0.05, 0.1) is 6.54 Å². The van der Waals surface area contributed by atoms with Crippen molar-refractivity contribution in [1.82, 2.24) is 5.32 Å². The Morgan fingerprint density at radius 2 is 2.04 bits per heavy atom. The molecule has 2 rings (SSSR count). The molecule has 6 nitrogen and oxygen atoms in total. The Kier molecular flexibility index (Phi) is 6.89. The van der Waals surface area contributed by atoms with E-state index < -0.39 is 17.7 Å². The average Bonchev–Trinajstić information content (AvgIpc) is 2.70. The van der Waals surface area contributed by atoms with Gasteiger partial charge in [-0.1, -0.05) is 6.07 Å². The number of fused-ring (bicyclic) bond motifs is 1. The van der Waals surface area contributed by atoms with Gasteiger partial charge in [0.1, 0.15) is 18.0 Å². The van der Waals surface area contributed by atoms with Crippen molar-refractivity contribution in [2.45, 2.75) is 58.5 Å². The lowest BCUT2D eigenvalue weighted by molar-refractivity contribution is -0.138. The van der Waals surface area contributed by atoms with Crippen LogP contribution in [0, 0.1) is 5.92 Å². The molecule has 0 radical (unpaired) electrons. The first-order valence-corrected chi connectivity index (χ1v) is 9.16. The van der Waals surface area contributed by atoms with Crippen molar-refractivity contribution in [3.05, 3.63) is 29.3 Å². The van der Waals surface area contributed by atoms with Crippen LogP contribution in [0.4, 0.5) is 4.79 Å². The molecule has 0 spiro atoms. The summed E-state index contributed by atoms with van der Waals surface area (Å²) < 4.78 is 10.9. The van der Waals surface area contributed by atoms with E-state index in [9.17, 15) is 9.59 Å². The van der Waals surface area contributed by atoms with E-state index in [4.69, 9.17) is 14.6 Å². The number of hydrogen-bond donors (Lipinski definition) is 2. The summed E-state index contributed by atoms with van der Waals surface area (Å²) >= 11 is 0. The number of amides is 1. The molecule has 0 heterocycles. The van der Waals surface area contributed by atoms with Gasteiger partial charge in [0.25, 0.3) is 0 Å². The molecule has 0 saturated carbocycles. The molecule has 1 aromatic rings. The normalized spacial score (nSPS) is 17.0. The summed E-state index contributed by atoms with van der Waals surface area (Å²) in [5, 5.41) is 11.7. The number of aryl methyl sites for hydroxylation is 1. The predicted molar refractivity (Wildman–Crippen MR) is 98.6 cm³/mol. The first-order valence-electron chi connectivity index (χ1n) is 9.16. The number of aliphatic carboxylic acids is 1. The van der Waals surface area contributed by atoms with Crippen LogP contribution in [0.2, 0.25) is 0 Å². The van der Waals surface area contributed by atoms with Crippen LogP contribution in [-0.4, -0.2) is 35.9 Å². The van der Waals surface area contributed by atoms with Gasteiger partial charge in [-0.3, -0.25) is 4.79 Å². The summed E-state index contributed by atoms with van der Waals surface area (Å²) in [5.74, 6) is 0.183. The van der Waals surface area contributed by atoms with E-state index in [-0.39, 0.29) is 12.3 Å². The molecule has 1 aliphatic carbocycles. The number of ether oxygens (including phenoxy) is 2. The number of benzene rings is 1. The standard InChI is InChI=1S/C20H29NO5/c1-20(2,3)26-19(24)21-9-10-25-17-8-7-15-6-4-5-14(12-18(22)23)11-16(15)13-17/h7-8,13-14H,4-6,9-12H2,1-3H3,(H,21,24)(H,22,23). The number of hydrogen-bond acceptors (Lipinski definition) is 4. The smallest absolute Gasteiger partial charge is 0.407 e. The molecule has 2 N–H and O–H groups in total. The fraction of sp³-hybridized carbons (Fsp3) is 0.600. The molecule has 144 valence electrons. The second-order valence-corrected chi connectivity index (χ2v) is 7.77. The number of carboxylic acid groups (broad SMARTS) is 1. The van der Waals surface area contributed by atoms with E-state index >= 15 is 0 Å². The van der Waals surface area contributed by atoms with Gasteiger partial charge in [0.15, 0.2) is 0 Å². The highest BCUT2D eigenvalue weighted by atomic mass is 16.6. The summed E-state index contributed by atoms with van der Waals surface area (Å²) in [4.78, 5) is 22.6. The highest BCUT2D eigenvalue weighted by Gasteiger charge is 2.20. The zero-order valence-electron chi connectivity index (χ0n) is 15.8. The van der Waals surface area contributed by atoms with Gasteiger partial charge in [-0.25, -0.2) is 4.79 Å². The Morgan fingerprint density at radius 1 is 1.27 bits per heavy atom. The maximum atomic E-state index is 11.6. The molecule has 1 aliphatic rings. The van der Waals surface area contributed by atoms with Crippen molar-refractivity contribution in [2.75, 3.05) is 13.2 Å².